The van der Waals surface area contributed by atoms with Crippen LogP contribution in [0.3, 0.4) is 0 Å². The van der Waals surface area contributed by atoms with Gasteiger partial charge in [-0.3, -0.25) is 4.79 Å². The Morgan fingerprint density at radius 3 is 2.52 bits per heavy atom. The molecular formula is C16H11Cl3N2O2. The Labute approximate surface area is 148 Å². The first-order valence-electron chi connectivity index (χ1n) is 6.77. The molecule has 0 bridgehead atoms. The van der Waals surface area contributed by atoms with E-state index in [9.17, 15) is 4.79 Å². The fourth-order valence-corrected chi connectivity index (χ4v) is 2.54. The predicted molar refractivity (Wildman–Crippen MR) is 92.6 cm³/mol. The number of benzene rings is 2. The van der Waals surface area contributed by atoms with Crippen molar-refractivity contribution in [2.75, 3.05) is 5.32 Å². The van der Waals surface area contributed by atoms with Gasteiger partial charge in [0, 0.05) is 22.7 Å². The minimum atomic E-state index is -0.685. The number of carbonyl (C=O) groups excluding carboxylic acids is 1. The molecule has 118 valence electrons. The number of amides is 1. The van der Waals surface area contributed by atoms with Crippen LogP contribution in [0.5, 0.6) is 0 Å². The van der Waals surface area contributed by atoms with Gasteiger partial charge in [-0.1, -0.05) is 46.0 Å². The monoisotopic (exact) mass is 368 g/mol. The van der Waals surface area contributed by atoms with Gasteiger partial charge in [0.1, 0.15) is 0 Å². The van der Waals surface area contributed by atoms with Crippen molar-refractivity contribution in [3.63, 3.8) is 0 Å². The summed E-state index contributed by atoms with van der Waals surface area (Å²) >= 11 is 17.7. The molecule has 0 radical (unpaired) electrons. The molecule has 7 heteroatoms. The summed E-state index contributed by atoms with van der Waals surface area (Å²) < 4.78 is 0. The predicted octanol–water partition coefficient (Wildman–Crippen LogP) is 4.78. The van der Waals surface area contributed by atoms with E-state index in [1.165, 1.54) is 0 Å². The standard InChI is InChI=1S/C16H11Cl3N2O2/c17-10-2-4-11(5-3-10)20-16(22)15-8-14(21-23-15)9-1-6-12(18)13(19)7-9/h1-7,15H,8H2,(H,20,22). The van der Waals surface area contributed by atoms with Crippen LogP contribution in [0.4, 0.5) is 5.69 Å². The number of carbonyl (C=O) groups is 1. The molecular weight excluding hydrogens is 359 g/mol. The lowest BCUT2D eigenvalue weighted by Gasteiger charge is -2.09. The number of oxime groups is 1. The molecule has 0 aromatic heterocycles. The highest BCUT2D eigenvalue weighted by Gasteiger charge is 2.29. The van der Waals surface area contributed by atoms with Crippen LogP contribution >= 0.6 is 34.8 Å². The van der Waals surface area contributed by atoms with Gasteiger partial charge in [-0.05, 0) is 36.4 Å². The minimum absolute atomic E-state index is 0.272. The lowest BCUT2D eigenvalue weighted by molar-refractivity contribution is -0.125. The van der Waals surface area contributed by atoms with E-state index in [-0.39, 0.29) is 5.91 Å². The molecule has 0 aliphatic carbocycles. The van der Waals surface area contributed by atoms with Crippen molar-refractivity contribution in [1.82, 2.24) is 0 Å². The van der Waals surface area contributed by atoms with Crippen molar-refractivity contribution in [3.05, 3.63) is 63.1 Å². The van der Waals surface area contributed by atoms with Crippen molar-refractivity contribution in [3.8, 4) is 0 Å². The van der Waals surface area contributed by atoms with Crippen LogP contribution in [0.25, 0.3) is 0 Å². The number of nitrogens with zero attached hydrogens (tertiary/aromatic N) is 1. The van der Waals surface area contributed by atoms with Gasteiger partial charge in [-0.2, -0.15) is 0 Å². The van der Waals surface area contributed by atoms with E-state index in [0.717, 1.165) is 5.56 Å². The summed E-state index contributed by atoms with van der Waals surface area (Å²) in [5, 5.41) is 8.23. The second-order valence-electron chi connectivity index (χ2n) is 4.96. The van der Waals surface area contributed by atoms with Gasteiger partial charge in [0.25, 0.3) is 5.91 Å². The molecule has 0 saturated carbocycles. The zero-order valence-corrected chi connectivity index (χ0v) is 14.0. The van der Waals surface area contributed by atoms with E-state index in [1.54, 1.807) is 42.5 Å². The Kier molecular flexibility index (Phi) is 4.76. The Bertz CT molecular complexity index is 775. The van der Waals surface area contributed by atoms with Crippen LogP contribution < -0.4 is 5.32 Å². The average Bonchev–Trinajstić information content (AvgIpc) is 3.02. The summed E-state index contributed by atoms with van der Waals surface area (Å²) in [4.78, 5) is 17.4. The van der Waals surface area contributed by atoms with E-state index in [1.807, 2.05) is 0 Å². The molecule has 1 aliphatic rings. The third-order valence-corrected chi connectivity index (χ3v) is 4.32. The lowest BCUT2D eigenvalue weighted by atomic mass is 10.0. The molecule has 1 unspecified atom stereocenters. The first kappa shape index (κ1) is 16.1. The van der Waals surface area contributed by atoms with E-state index < -0.39 is 6.10 Å². The second-order valence-corrected chi connectivity index (χ2v) is 6.21. The van der Waals surface area contributed by atoms with Crippen LogP contribution in [0.15, 0.2) is 47.6 Å². The van der Waals surface area contributed by atoms with Crippen molar-refractivity contribution < 1.29 is 9.63 Å². The van der Waals surface area contributed by atoms with Crippen LogP contribution in [0.2, 0.25) is 15.1 Å². The van der Waals surface area contributed by atoms with Gasteiger partial charge in [0.2, 0.25) is 6.10 Å². The zero-order chi connectivity index (χ0) is 16.4. The molecule has 23 heavy (non-hydrogen) atoms. The molecule has 1 amide bonds. The Morgan fingerprint density at radius 1 is 1.09 bits per heavy atom. The molecule has 1 atom stereocenters. The maximum atomic E-state index is 12.2. The number of rotatable bonds is 3. The van der Waals surface area contributed by atoms with Gasteiger partial charge in [0.15, 0.2) is 0 Å². The second kappa shape index (κ2) is 6.79. The number of halogens is 3. The molecule has 1 N–H and O–H groups in total. The van der Waals surface area contributed by atoms with E-state index in [0.29, 0.717) is 32.9 Å². The maximum absolute atomic E-state index is 12.2. The third kappa shape index (κ3) is 3.78. The fourth-order valence-electron chi connectivity index (χ4n) is 2.12. The molecule has 1 heterocycles. The highest BCUT2D eigenvalue weighted by Crippen LogP contribution is 2.26. The molecule has 2 aromatic rings. The SMILES string of the molecule is O=C(Nc1ccc(Cl)cc1)C1CC(c2ccc(Cl)c(Cl)c2)=NO1. The molecule has 4 nitrogen and oxygen atoms in total. The van der Waals surface area contributed by atoms with Gasteiger partial charge >= 0.3 is 0 Å². The molecule has 1 aliphatic heterocycles. The average molecular weight is 370 g/mol. The summed E-state index contributed by atoms with van der Waals surface area (Å²) in [7, 11) is 0. The van der Waals surface area contributed by atoms with Crippen molar-refractivity contribution in [2.45, 2.75) is 12.5 Å². The molecule has 2 aromatic carbocycles. The van der Waals surface area contributed by atoms with Crippen LogP contribution in [0, 0.1) is 0 Å². The van der Waals surface area contributed by atoms with Crippen molar-refractivity contribution in [1.29, 1.82) is 0 Å². The smallest absolute Gasteiger partial charge is 0.268 e. The van der Waals surface area contributed by atoms with E-state index in [2.05, 4.69) is 10.5 Å². The molecule has 3 rings (SSSR count). The Hall–Kier alpha value is -1.75. The summed E-state index contributed by atoms with van der Waals surface area (Å²) in [6, 6.07) is 12.0. The number of hydrogen-bond donors (Lipinski definition) is 1. The number of anilines is 1. The Balaban J connectivity index is 1.65. The lowest BCUT2D eigenvalue weighted by Crippen LogP contribution is -2.28. The van der Waals surface area contributed by atoms with Crippen molar-refractivity contribution in [2.24, 2.45) is 5.16 Å². The summed E-state index contributed by atoms with van der Waals surface area (Å²) in [6.45, 7) is 0. The van der Waals surface area contributed by atoms with Crippen LogP contribution in [-0.2, 0) is 9.63 Å². The van der Waals surface area contributed by atoms with Gasteiger partial charge in [-0.25, -0.2) is 0 Å². The van der Waals surface area contributed by atoms with Crippen LogP contribution in [-0.4, -0.2) is 17.7 Å². The quantitative estimate of drug-likeness (QED) is 0.846. The molecule has 0 saturated heterocycles. The van der Waals surface area contributed by atoms with Gasteiger partial charge in [0.05, 0.1) is 15.8 Å². The third-order valence-electron chi connectivity index (χ3n) is 3.33. The van der Waals surface area contributed by atoms with E-state index >= 15 is 0 Å². The first-order chi connectivity index (χ1) is 11.0. The van der Waals surface area contributed by atoms with Gasteiger partial charge < -0.3 is 10.2 Å². The van der Waals surface area contributed by atoms with Gasteiger partial charge in [-0.15, -0.1) is 0 Å². The highest BCUT2D eigenvalue weighted by atomic mass is 35.5. The number of nitrogens with one attached hydrogen (secondary N) is 1. The highest BCUT2D eigenvalue weighted by molar-refractivity contribution is 6.42. The topological polar surface area (TPSA) is 50.7 Å². The van der Waals surface area contributed by atoms with E-state index in [4.69, 9.17) is 39.6 Å². The summed E-state index contributed by atoms with van der Waals surface area (Å²) in [5.41, 5.74) is 2.08. The molecule has 0 fully saturated rings. The van der Waals surface area contributed by atoms with Crippen LogP contribution in [0.1, 0.15) is 12.0 Å². The summed E-state index contributed by atoms with van der Waals surface area (Å²) in [5.74, 6) is -0.272. The normalized spacial score (nSPS) is 16.7. The zero-order valence-electron chi connectivity index (χ0n) is 11.7. The Morgan fingerprint density at radius 2 is 1.83 bits per heavy atom. The number of hydrogen-bond acceptors (Lipinski definition) is 3. The summed E-state index contributed by atoms with van der Waals surface area (Å²) in [6.07, 6.45) is -0.327. The largest absolute Gasteiger partial charge is 0.382 e. The van der Waals surface area contributed by atoms with Crippen molar-refractivity contribution >= 4 is 52.1 Å². The fraction of sp³-hybridized carbons (Fsp3) is 0.125. The first-order valence-corrected chi connectivity index (χ1v) is 7.91. The maximum Gasteiger partial charge on any atom is 0.268 e. The minimum Gasteiger partial charge on any atom is -0.382 e. The molecule has 0 spiro atoms.